The van der Waals surface area contributed by atoms with Gasteiger partial charge in [-0.05, 0) is 18.2 Å². The summed E-state index contributed by atoms with van der Waals surface area (Å²) in [7, 11) is 0. The van der Waals surface area contributed by atoms with Crippen LogP contribution in [0.15, 0.2) is 18.2 Å². The molecule has 1 aliphatic rings. The van der Waals surface area contributed by atoms with Crippen LogP contribution in [0.3, 0.4) is 0 Å². The Morgan fingerprint density at radius 2 is 2.33 bits per heavy atom. The molecule has 1 N–H and O–H groups in total. The standard InChI is InChI=1S/C11H10ClFN2O2S/c12-8-5-7(1-2-9(8)13)14-10(16)6-15-3-4-18-11(15)17/h1-2,5H,3-4,6H2,(H,14,16). The Balaban J connectivity index is 1.94. The third-order valence-corrected chi connectivity index (χ3v) is 3.56. The number of amides is 2. The van der Waals surface area contributed by atoms with Crippen LogP contribution in [0.1, 0.15) is 0 Å². The van der Waals surface area contributed by atoms with Crippen molar-refractivity contribution in [2.24, 2.45) is 0 Å². The van der Waals surface area contributed by atoms with Gasteiger partial charge in [0.1, 0.15) is 12.4 Å². The minimum Gasteiger partial charge on any atom is -0.324 e. The van der Waals surface area contributed by atoms with Gasteiger partial charge in [0.05, 0.1) is 5.02 Å². The molecule has 0 aromatic heterocycles. The Morgan fingerprint density at radius 1 is 1.56 bits per heavy atom. The van der Waals surface area contributed by atoms with Crippen molar-refractivity contribution in [3.8, 4) is 0 Å². The number of benzene rings is 1. The monoisotopic (exact) mass is 288 g/mol. The highest BCUT2D eigenvalue weighted by molar-refractivity contribution is 8.13. The molecule has 96 valence electrons. The van der Waals surface area contributed by atoms with Crippen molar-refractivity contribution >= 4 is 40.2 Å². The zero-order valence-corrected chi connectivity index (χ0v) is 10.9. The van der Waals surface area contributed by atoms with E-state index in [1.165, 1.54) is 34.9 Å². The summed E-state index contributed by atoms with van der Waals surface area (Å²) in [6.45, 7) is 0.571. The smallest absolute Gasteiger partial charge is 0.282 e. The molecule has 18 heavy (non-hydrogen) atoms. The van der Waals surface area contributed by atoms with Crippen LogP contribution in [0.5, 0.6) is 0 Å². The molecule has 0 spiro atoms. The lowest BCUT2D eigenvalue weighted by Crippen LogP contribution is -2.33. The number of hydrogen-bond donors (Lipinski definition) is 1. The van der Waals surface area contributed by atoms with Gasteiger partial charge in [-0.1, -0.05) is 23.4 Å². The molecule has 4 nitrogen and oxygen atoms in total. The van der Waals surface area contributed by atoms with Gasteiger partial charge in [-0.25, -0.2) is 4.39 Å². The second kappa shape index (κ2) is 5.58. The third kappa shape index (κ3) is 3.14. The Hall–Kier alpha value is -1.27. The molecule has 1 fully saturated rings. The first-order chi connectivity index (χ1) is 8.56. The number of nitrogens with zero attached hydrogens (tertiary/aromatic N) is 1. The van der Waals surface area contributed by atoms with Crippen LogP contribution in [-0.4, -0.2) is 34.9 Å². The maximum absolute atomic E-state index is 12.9. The predicted molar refractivity (Wildman–Crippen MR) is 69.5 cm³/mol. The highest BCUT2D eigenvalue weighted by atomic mass is 35.5. The van der Waals surface area contributed by atoms with Gasteiger partial charge in [-0.3, -0.25) is 9.59 Å². The minimum atomic E-state index is -0.541. The van der Waals surface area contributed by atoms with Crippen molar-refractivity contribution in [2.75, 3.05) is 24.2 Å². The number of carbonyl (C=O) groups is 2. The minimum absolute atomic E-state index is 0.000822. The Bertz CT molecular complexity index is 498. The van der Waals surface area contributed by atoms with Crippen LogP contribution in [-0.2, 0) is 4.79 Å². The summed E-state index contributed by atoms with van der Waals surface area (Å²) in [5.41, 5.74) is 0.408. The number of rotatable bonds is 3. The summed E-state index contributed by atoms with van der Waals surface area (Å²) < 4.78 is 12.9. The Labute approximate surface area is 112 Å². The van der Waals surface area contributed by atoms with Gasteiger partial charge in [-0.15, -0.1) is 0 Å². The molecular weight excluding hydrogens is 279 g/mol. The first kappa shape index (κ1) is 13.2. The molecule has 0 saturated carbocycles. The predicted octanol–water partition coefficient (Wildman–Crippen LogP) is 2.59. The first-order valence-corrected chi connectivity index (χ1v) is 6.59. The van der Waals surface area contributed by atoms with Crippen LogP contribution in [0.4, 0.5) is 14.9 Å². The van der Waals surface area contributed by atoms with E-state index in [9.17, 15) is 14.0 Å². The average molecular weight is 289 g/mol. The van der Waals surface area contributed by atoms with Crippen molar-refractivity contribution in [3.05, 3.63) is 29.0 Å². The average Bonchev–Trinajstić information content (AvgIpc) is 2.70. The second-order valence-corrected chi connectivity index (χ2v) is 5.17. The highest BCUT2D eigenvalue weighted by Gasteiger charge is 2.23. The van der Waals surface area contributed by atoms with E-state index in [2.05, 4.69) is 5.32 Å². The maximum Gasteiger partial charge on any atom is 0.282 e. The largest absolute Gasteiger partial charge is 0.324 e. The van der Waals surface area contributed by atoms with Crippen LogP contribution >= 0.6 is 23.4 Å². The van der Waals surface area contributed by atoms with Crippen molar-refractivity contribution in [3.63, 3.8) is 0 Å². The van der Waals surface area contributed by atoms with Crippen LogP contribution in [0.25, 0.3) is 0 Å². The fraction of sp³-hybridized carbons (Fsp3) is 0.273. The van der Waals surface area contributed by atoms with Crippen LogP contribution in [0, 0.1) is 5.82 Å². The molecule has 1 aliphatic heterocycles. The zero-order valence-electron chi connectivity index (χ0n) is 9.28. The van der Waals surface area contributed by atoms with E-state index in [0.29, 0.717) is 18.0 Å². The fourth-order valence-electron chi connectivity index (χ4n) is 1.52. The summed E-state index contributed by atoms with van der Waals surface area (Å²) >= 11 is 6.79. The van der Waals surface area contributed by atoms with E-state index in [1.54, 1.807) is 0 Å². The van der Waals surface area contributed by atoms with Gasteiger partial charge < -0.3 is 10.2 Å². The van der Waals surface area contributed by atoms with E-state index in [1.807, 2.05) is 0 Å². The number of halogens is 2. The molecule has 0 unspecified atom stereocenters. The second-order valence-electron chi connectivity index (χ2n) is 3.71. The molecular formula is C11H10ClFN2O2S. The summed E-state index contributed by atoms with van der Waals surface area (Å²) in [5, 5.41) is 2.41. The molecule has 0 bridgehead atoms. The molecule has 2 amide bonds. The summed E-state index contributed by atoms with van der Waals surface area (Å²) in [6.07, 6.45) is 0. The highest BCUT2D eigenvalue weighted by Crippen LogP contribution is 2.20. The van der Waals surface area contributed by atoms with Gasteiger partial charge in [0, 0.05) is 18.0 Å². The van der Waals surface area contributed by atoms with Gasteiger partial charge in [0.2, 0.25) is 5.91 Å². The van der Waals surface area contributed by atoms with Crippen LogP contribution < -0.4 is 5.32 Å². The van der Waals surface area contributed by atoms with Crippen LogP contribution in [0.2, 0.25) is 5.02 Å². The Kier molecular flexibility index (Phi) is 4.08. The molecule has 2 rings (SSSR count). The van der Waals surface area contributed by atoms with Crippen molar-refractivity contribution in [1.29, 1.82) is 0 Å². The summed E-state index contributed by atoms with van der Waals surface area (Å²) in [4.78, 5) is 24.4. The van der Waals surface area contributed by atoms with Crippen molar-refractivity contribution in [2.45, 2.75) is 0 Å². The number of anilines is 1. The third-order valence-electron chi connectivity index (χ3n) is 2.38. The number of hydrogen-bond acceptors (Lipinski definition) is 3. The molecule has 0 radical (unpaired) electrons. The van der Waals surface area contributed by atoms with E-state index in [-0.39, 0.29) is 22.7 Å². The van der Waals surface area contributed by atoms with Gasteiger partial charge in [0.25, 0.3) is 5.24 Å². The van der Waals surface area contributed by atoms with Gasteiger partial charge in [0.15, 0.2) is 0 Å². The molecule has 0 atom stereocenters. The lowest BCUT2D eigenvalue weighted by Gasteiger charge is -2.14. The van der Waals surface area contributed by atoms with Gasteiger partial charge >= 0.3 is 0 Å². The SMILES string of the molecule is O=C(CN1CCSC1=O)Nc1ccc(F)c(Cl)c1. The van der Waals surface area contributed by atoms with E-state index in [0.717, 1.165) is 0 Å². The molecule has 1 heterocycles. The normalized spacial score (nSPS) is 15.0. The number of carbonyl (C=O) groups excluding carboxylic acids is 2. The fourth-order valence-corrected chi connectivity index (χ4v) is 2.52. The molecule has 1 aromatic rings. The number of thioether (sulfide) groups is 1. The molecule has 0 aliphatic carbocycles. The quantitative estimate of drug-likeness (QED) is 0.930. The molecule has 1 saturated heterocycles. The molecule has 7 heteroatoms. The topological polar surface area (TPSA) is 49.4 Å². The zero-order chi connectivity index (χ0) is 13.1. The summed E-state index contributed by atoms with van der Waals surface area (Å²) in [5.74, 6) is -0.164. The number of nitrogens with one attached hydrogen (secondary N) is 1. The lowest BCUT2D eigenvalue weighted by molar-refractivity contribution is -0.116. The first-order valence-electron chi connectivity index (χ1n) is 5.23. The van der Waals surface area contributed by atoms with Crippen molar-refractivity contribution in [1.82, 2.24) is 4.90 Å². The van der Waals surface area contributed by atoms with E-state index < -0.39 is 5.82 Å². The summed E-state index contributed by atoms with van der Waals surface area (Å²) in [6, 6.07) is 3.92. The molecule has 1 aromatic carbocycles. The van der Waals surface area contributed by atoms with Gasteiger partial charge in [-0.2, -0.15) is 0 Å². The maximum atomic E-state index is 12.9. The Morgan fingerprint density at radius 3 is 2.94 bits per heavy atom. The van der Waals surface area contributed by atoms with E-state index >= 15 is 0 Å². The van der Waals surface area contributed by atoms with Crippen molar-refractivity contribution < 1.29 is 14.0 Å². The lowest BCUT2D eigenvalue weighted by atomic mass is 10.3. The van der Waals surface area contributed by atoms with E-state index in [4.69, 9.17) is 11.6 Å².